The Morgan fingerprint density at radius 3 is 2.78 bits per heavy atom. The van der Waals surface area contributed by atoms with Crippen molar-refractivity contribution in [2.24, 2.45) is 5.16 Å². The molecule has 0 unspecified atom stereocenters. The molecule has 0 aliphatic carbocycles. The highest BCUT2D eigenvalue weighted by molar-refractivity contribution is 9.10. The zero-order valence-corrected chi connectivity index (χ0v) is 11.3. The van der Waals surface area contributed by atoms with Crippen molar-refractivity contribution in [3.8, 4) is 11.5 Å². The minimum Gasteiger partial charge on any atom is -0.503 e. The number of methoxy groups -OCH3 is 1. The topological polar surface area (TPSA) is 68.1 Å². The van der Waals surface area contributed by atoms with Crippen LogP contribution in [0.15, 0.2) is 27.3 Å². The van der Waals surface area contributed by atoms with Crippen LogP contribution in [0.2, 0.25) is 0 Å². The molecule has 6 heteroatoms. The first-order chi connectivity index (χ1) is 8.52. The molecule has 1 heterocycles. The lowest BCUT2D eigenvalue weighted by Crippen LogP contribution is -2.01. The molecule has 1 aliphatic heterocycles. The van der Waals surface area contributed by atoms with Gasteiger partial charge in [0.05, 0.1) is 22.9 Å². The third-order valence-corrected chi connectivity index (χ3v) is 3.06. The van der Waals surface area contributed by atoms with Crippen molar-refractivity contribution < 1.29 is 19.5 Å². The Morgan fingerprint density at radius 1 is 1.50 bits per heavy atom. The van der Waals surface area contributed by atoms with Crippen LogP contribution in [0.4, 0.5) is 0 Å². The summed E-state index contributed by atoms with van der Waals surface area (Å²) in [5, 5.41) is 13.3. The van der Waals surface area contributed by atoms with Gasteiger partial charge in [-0.25, -0.2) is 4.79 Å². The normalized spacial score (nSPS) is 16.7. The molecule has 0 saturated heterocycles. The molecule has 0 atom stereocenters. The van der Waals surface area contributed by atoms with Crippen molar-refractivity contribution in [2.45, 2.75) is 6.92 Å². The van der Waals surface area contributed by atoms with E-state index in [0.717, 1.165) is 0 Å². The average molecular weight is 312 g/mol. The summed E-state index contributed by atoms with van der Waals surface area (Å²) in [4.78, 5) is 15.9. The fourth-order valence-corrected chi connectivity index (χ4v) is 1.98. The first-order valence-electron chi connectivity index (χ1n) is 5.07. The van der Waals surface area contributed by atoms with Gasteiger partial charge in [-0.3, -0.25) is 0 Å². The van der Waals surface area contributed by atoms with E-state index in [9.17, 15) is 9.90 Å². The minimum atomic E-state index is -0.490. The summed E-state index contributed by atoms with van der Waals surface area (Å²) in [6.07, 6.45) is 1.63. The van der Waals surface area contributed by atoms with Crippen molar-refractivity contribution in [1.29, 1.82) is 0 Å². The van der Waals surface area contributed by atoms with Crippen LogP contribution in [-0.4, -0.2) is 23.9 Å². The number of carbonyl (C=O) groups is 1. The Labute approximate surface area is 112 Å². The van der Waals surface area contributed by atoms with E-state index < -0.39 is 5.97 Å². The van der Waals surface area contributed by atoms with Crippen LogP contribution in [0, 0.1) is 0 Å². The predicted octanol–water partition coefficient (Wildman–Crippen LogP) is 2.48. The van der Waals surface area contributed by atoms with Crippen LogP contribution >= 0.6 is 15.9 Å². The largest absolute Gasteiger partial charge is 0.503 e. The number of phenols is 1. The first kappa shape index (κ1) is 12.6. The number of nitrogens with zero attached hydrogens (tertiary/aromatic N) is 1. The second kappa shape index (κ2) is 4.81. The standard InChI is InChI=1S/C12H10BrNO4/c1-6-8(12(16)18-14-6)3-7-4-9(13)11(15)10(5-7)17-2/h3-5,15H,1-2H3. The zero-order valence-electron chi connectivity index (χ0n) is 9.73. The van der Waals surface area contributed by atoms with Crippen molar-refractivity contribution in [2.75, 3.05) is 7.11 Å². The van der Waals surface area contributed by atoms with E-state index in [1.165, 1.54) is 7.11 Å². The molecule has 0 radical (unpaired) electrons. The Balaban J connectivity index is 2.47. The third kappa shape index (κ3) is 2.24. The Morgan fingerprint density at radius 2 is 2.22 bits per heavy atom. The molecule has 18 heavy (non-hydrogen) atoms. The number of rotatable bonds is 2. The van der Waals surface area contributed by atoms with Crippen LogP contribution in [0.5, 0.6) is 11.5 Å². The third-order valence-electron chi connectivity index (χ3n) is 2.46. The maximum Gasteiger partial charge on any atom is 0.367 e. The Hall–Kier alpha value is -1.82. The Bertz CT molecular complexity index is 578. The molecule has 0 saturated carbocycles. The molecule has 0 amide bonds. The van der Waals surface area contributed by atoms with Crippen LogP contribution < -0.4 is 4.74 Å². The molecule has 0 spiro atoms. The SMILES string of the molecule is COc1cc(C=C2C(=O)ON=C2C)cc(Br)c1O. The van der Waals surface area contributed by atoms with Gasteiger partial charge in [-0.1, -0.05) is 5.16 Å². The molecule has 1 N–H and O–H groups in total. The molecule has 1 aliphatic rings. The second-order valence-corrected chi connectivity index (χ2v) is 4.52. The smallest absolute Gasteiger partial charge is 0.367 e. The minimum absolute atomic E-state index is 0.0130. The van der Waals surface area contributed by atoms with E-state index in [-0.39, 0.29) is 5.75 Å². The molecule has 0 aromatic heterocycles. The Kier molecular flexibility index (Phi) is 3.38. The van der Waals surface area contributed by atoms with Gasteiger partial charge in [0.1, 0.15) is 0 Å². The van der Waals surface area contributed by atoms with E-state index in [2.05, 4.69) is 25.9 Å². The molecule has 2 rings (SSSR count). The summed E-state index contributed by atoms with van der Waals surface area (Å²) in [6.45, 7) is 1.68. The molecule has 1 aromatic rings. The summed E-state index contributed by atoms with van der Waals surface area (Å²) in [6, 6.07) is 3.29. The van der Waals surface area contributed by atoms with Crippen LogP contribution in [0.3, 0.4) is 0 Å². The summed E-state index contributed by atoms with van der Waals surface area (Å²) in [5.41, 5.74) is 1.60. The summed E-state index contributed by atoms with van der Waals surface area (Å²) in [5.74, 6) is -0.160. The lowest BCUT2D eigenvalue weighted by atomic mass is 10.1. The fraction of sp³-hybridized carbons (Fsp3) is 0.167. The number of phenolic OH excluding ortho intramolecular Hbond substituents is 1. The number of aromatic hydroxyl groups is 1. The van der Waals surface area contributed by atoms with Gasteiger partial charge in [0, 0.05) is 0 Å². The highest BCUT2D eigenvalue weighted by Gasteiger charge is 2.22. The second-order valence-electron chi connectivity index (χ2n) is 3.67. The number of carbonyl (C=O) groups excluding carboxylic acids is 1. The van der Waals surface area contributed by atoms with E-state index in [4.69, 9.17) is 4.74 Å². The molecule has 1 aromatic carbocycles. The van der Waals surface area contributed by atoms with E-state index in [1.807, 2.05) is 0 Å². The molecule has 0 bridgehead atoms. The number of halogens is 1. The predicted molar refractivity (Wildman–Crippen MR) is 69.5 cm³/mol. The summed E-state index contributed by atoms with van der Waals surface area (Å²) >= 11 is 3.21. The van der Waals surface area contributed by atoms with E-state index in [1.54, 1.807) is 25.1 Å². The number of hydrogen-bond donors (Lipinski definition) is 1. The van der Waals surface area contributed by atoms with Crippen LogP contribution in [-0.2, 0) is 9.63 Å². The lowest BCUT2D eigenvalue weighted by molar-refractivity contribution is -0.136. The quantitative estimate of drug-likeness (QED) is 0.673. The highest BCUT2D eigenvalue weighted by Crippen LogP contribution is 2.36. The average Bonchev–Trinajstić information content (AvgIpc) is 2.65. The molecule has 5 nitrogen and oxygen atoms in total. The summed E-state index contributed by atoms with van der Waals surface area (Å²) < 4.78 is 5.51. The highest BCUT2D eigenvalue weighted by atomic mass is 79.9. The van der Waals surface area contributed by atoms with Gasteiger partial charge in [0.15, 0.2) is 11.5 Å². The zero-order chi connectivity index (χ0) is 13.3. The lowest BCUT2D eigenvalue weighted by Gasteiger charge is -2.06. The van der Waals surface area contributed by atoms with Gasteiger partial charge >= 0.3 is 5.97 Å². The van der Waals surface area contributed by atoms with Gasteiger partial charge in [0.2, 0.25) is 0 Å². The molecular weight excluding hydrogens is 302 g/mol. The fourth-order valence-electron chi connectivity index (χ4n) is 1.52. The number of hydrogen-bond acceptors (Lipinski definition) is 5. The van der Waals surface area contributed by atoms with Crippen molar-refractivity contribution in [3.63, 3.8) is 0 Å². The monoisotopic (exact) mass is 311 g/mol. The maximum absolute atomic E-state index is 11.4. The van der Waals surface area contributed by atoms with E-state index in [0.29, 0.717) is 27.1 Å². The maximum atomic E-state index is 11.4. The van der Waals surface area contributed by atoms with Crippen molar-refractivity contribution in [1.82, 2.24) is 0 Å². The van der Waals surface area contributed by atoms with Gasteiger partial charge < -0.3 is 14.7 Å². The van der Waals surface area contributed by atoms with Gasteiger partial charge in [-0.2, -0.15) is 0 Å². The van der Waals surface area contributed by atoms with Gasteiger partial charge in [-0.15, -0.1) is 0 Å². The molecule has 0 fully saturated rings. The van der Waals surface area contributed by atoms with Crippen LogP contribution in [0.1, 0.15) is 12.5 Å². The van der Waals surface area contributed by atoms with E-state index >= 15 is 0 Å². The van der Waals surface area contributed by atoms with Gasteiger partial charge in [-0.05, 0) is 46.6 Å². The molecule has 94 valence electrons. The van der Waals surface area contributed by atoms with Crippen molar-refractivity contribution in [3.05, 3.63) is 27.7 Å². The van der Waals surface area contributed by atoms with Crippen LogP contribution in [0.25, 0.3) is 6.08 Å². The first-order valence-corrected chi connectivity index (χ1v) is 5.86. The van der Waals surface area contributed by atoms with Crippen molar-refractivity contribution >= 4 is 33.7 Å². The number of benzene rings is 1. The van der Waals surface area contributed by atoms with Gasteiger partial charge in [0.25, 0.3) is 0 Å². The molecular formula is C12H10BrNO4. The summed E-state index contributed by atoms with van der Waals surface area (Å²) in [7, 11) is 1.45. The number of oxime groups is 1. The number of ether oxygens (including phenoxy) is 1.